The summed E-state index contributed by atoms with van der Waals surface area (Å²) < 4.78 is 10.6. The Morgan fingerprint density at radius 1 is 1.00 bits per heavy atom. The van der Waals surface area contributed by atoms with Gasteiger partial charge in [0.25, 0.3) is 0 Å². The summed E-state index contributed by atoms with van der Waals surface area (Å²) in [5.41, 5.74) is 3.63. The minimum atomic E-state index is -1.01. The highest BCUT2D eigenvalue weighted by atomic mass is 16.5. The van der Waals surface area contributed by atoms with Crippen LogP contribution in [0.5, 0.6) is 0 Å². The Balaban J connectivity index is 1.51. The number of nitrogens with one attached hydrogen (secondary N) is 2. The van der Waals surface area contributed by atoms with Crippen LogP contribution in [0.25, 0.3) is 11.1 Å². The lowest BCUT2D eigenvalue weighted by atomic mass is 9.92. The lowest BCUT2D eigenvalue weighted by molar-refractivity contribution is -0.140. The quantitative estimate of drug-likeness (QED) is 0.508. The lowest BCUT2D eigenvalue weighted by Gasteiger charge is -2.25. The van der Waals surface area contributed by atoms with Gasteiger partial charge < -0.3 is 25.2 Å². The second-order valence-corrected chi connectivity index (χ2v) is 8.73. The average Bonchev–Trinajstić information content (AvgIpc) is 3.12. The van der Waals surface area contributed by atoms with Crippen LogP contribution < -0.4 is 10.6 Å². The first-order chi connectivity index (χ1) is 15.7. The average molecular weight is 455 g/mol. The van der Waals surface area contributed by atoms with Crippen LogP contribution >= 0.6 is 0 Å². The first-order valence-corrected chi connectivity index (χ1v) is 10.8. The van der Waals surface area contributed by atoms with E-state index in [2.05, 4.69) is 22.8 Å². The molecule has 0 aliphatic heterocycles. The Kier molecular flexibility index (Phi) is 7.71. The summed E-state index contributed by atoms with van der Waals surface area (Å²) in [5.74, 6) is -1.37. The van der Waals surface area contributed by atoms with E-state index >= 15 is 0 Å². The van der Waals surface area contributed by atoms with Crippen molar-refractivity contribution < 1.29 is 29.0 Å². The fourth-order valence-corrected chi connectivity index (χ4v) is 3.90. The summed E-state index contributed by atoms with van der Waals surface area (Å²) in [6.07, 6.45) is -1.44. The number of alkyl carbamates (subject to hydrolysis) is 1. The van der Waals surface area contributed by atoms with Crippen LogP contribution in [0.15, 0.2) is 48.5 Å². The molecule has 1 atom stereocenters. The highest BCUT2D eigenvalue weighted by Gasteiger charge is 2.31. The van der Waals surface area contributed by atoms with E-state index in [1.165, 1.54) is 7.11 Å². The summed E-state index contributed by atoms with van der Waals surface area (Å²) in [7, 11) is 1.39. The zero-order valence-corrected chi connectivity index (χ0v) is 19.1. The number of ether oxygens (including phenoxy) is 2. The Labute approximate surface area is 193 Å². The number of methoxy groups -OCH3 is 1. The van der Waals surface area contributed by atoms with Gasteiger partial charge in [0.15, 0.2) is 0 Å². The van der Waals surface area contributed by atoms with Crippen LogP contribution in [-0.2, 0) is 19.1 Å². The van der Waals surface area contributed by atoms with Crippen LogP contribution in [0.1, 0.15) is 37.3 Å². The third kappa shape index (κ3) is 5.90. The second kappa shape index (κ2) is 10.5. The number of hydrogen-bond acceptors (Lipinski definition) is 5. The monoisotopic (exact) mass is 454 g/mol. The minimum Gasteiger partial charge on any atom is -0.481 e. The van der Waals surface area contributed by atoms with Crippen molar-refractivity contribution in [3.63, 3.8) is 0 Å². The molecule has 0 spiro atoms. The van der Waals surface area contributed by atoms with Crippen molar-refractivity contribution in [2.45, 2.75) is 32.3 Å². The highest BCUT2D eigenvalue weighted by molar-refractivity contribution is 5.83. The lowest BCUT2D eigenvalue weighted by Crippen LogP contribution is -2.47. The fraction of sp³-hybridized carbons (Fsp3) is 0.400. The molecule has 8 heteroatoms. The van der Waals surface area contributed by atoms with Gasteiger partial charge >= 0.3 is 12.1 Å². The smallest absolute Gasteiger partial charge is 0.407 e. The molecular formula is C25H30N2O6. The van der Waals surface area contributed by atoms with Crippen LogP contribution in [0, 0.1) is 5.41 Å². The molecule has 0 fully saturated rings. The number of carboxylic acid groups (broad SMARTS) is 1. The molecular weight excluding hydrogens is 424 g/mol. The maximum Gasteiger partial charge on any atom is 0.407 e. The predicted octanol–water partition coefficient (Wildman–Crippen LogP) is 3.16. The third-order valence-electron chi connectivity index (χ3n) is 5.86. The molecule has 0 heterocycles. The molecule has 8 nitrogen and oxygen atoms in total. The van der Waals surface area contributed by atoms with Crippen LogP contribution in [0.2, 0.25) is 0 Å². The van der Waals surface area contributed by atoms with E-state index in [0.717, 1.165) is 22.3 Å². The van der Waals surface area contributed by atoms with Gasteiger partial charge in [-0.1, -0.05) is 48.5 Å². The van der Waals surface area contributed by atoms with Crippen molar-refractivity contribution in [3.05, 3.63) is 59.7 Å². The number of amides is 2. The first-order valence-electron chi connectivity index (χ1n) is 10.8. The SMILES string of the molecule is COC(CNC(=O)C(C)(C)CNC(=O)OCC1c2ccccc2-c2ccccc21)CC(=O)O. The number of aliphatic carboxylic acids is 1. The molecule has 0 radical (unpaired) electrons. The van der Waals surface area contributed by atoms with Gasteiger partial charge in [-0.05, 0) is 36.1 Å². The highest BCUT2D eigenvalue weighted by Crippen LogP contribution is 2.44. The van der Waals surface area contributed by atoms with Gasteiger partial charge in [0.05, 0.1) is 17.9 Å². The zero-order chi connectivity index (χ0) is 24.0. The molecule has 33 heavy (non-hydrogen) atoms. The number of rotatable bonds is 10. The van der Waals surface area contributed by atoms with Crippen molar-refractivity contribution in [2.75, 3.05) is 26.8 Å². The Hall–Kier alpha value is -3.39. The molecule has 1 aliphatic carbocycles. The molecule has 3 rings (SSSR count). The number of benzene rings is 2. The van der Waals surface area contributed by atoms with Gasteiger partial charge in [-0.25, -0.2) is 4.79 Å². The number of fused-ring (bicyclic) bond motifs is 3. The standard InChI is InChI=1S/C25H30N2O6/c1-25(2,23(30)26-13-16(32-3)12-22(28)29)15-27-24(31)33-14-21-19-10-6-4-8-17(19)18-9-5-7-11-20(18)21/h4-11,16,21H,12-15H2,1-3H3,(H,26,30)(H,27,31)(H,28,29). The van der Waals surface area contributed by atoms with E-state index < -0.39 is 23.6 Å². The van der Waals surface area contributed by atoms with Crippen molar-refractivity contribution in [3.8, 4) is 11.1 Å². The van der Waals surface area contributed by atoms with E-state index in [1.807, 2.05) is 36.4 Å². The Bertz CT molecular complexity index is 974. The maximum absolute atomic E-state index is 12.5. The van der Waals surface area contributed by atoms with Crippen molar-refractivity contribution >= 4 is 18.0 Å². The van der Waals surface area contributed by atoms with E-state index in [9.17, 15) is 14.4 Å². The summed E-state index contributed by atoms with van der Waals surface area (Å²) in [6.45, 7) is 3.69. The topological polar surface area (TPSA) is 114 Å². The molecule has 2 aromatic rings. The maximum atomic E-state index is 12.5. The summed E-state index contributed by atoms with van der Waals surface area (Å²) in [6, 6.07) is 16.2. The second-order valence-electron chi connectivity index (χ2n) is 8.73. The summed E-state index contributed by atoms with van der Waals surface area (Å²) >= 11 is 0. The number of carbonyl (C=O) groups is 3. The van der Waals surface area contributed by atoms with Gasteiger partial charge in [-0.2, -0.15) is 0 Å². The van der Waals surface area contributed by atoms with Gasteiger partial charge in [0.1, 0.15) is 6.61 Å². The molecule has 3 N–H and O–H groups in total. The molecule has 0 saturated heterocycles. The minimum absolute atomic E-state index is 0.0420. The molecule has 0 bridgehead atoms. The first kappa shape index (κ1) is 24.3. The summed E-state index contributed by atoms with van der Waals surface area (Å²) in [4.78, 5) is 35.7. The summed E-state index contributed by atoms with van der Waals surface area (Å²) in [5, 5.41) is 14.2. The van der Waals surface area contributed by atoms with Gasteiger partial charge in [-0.3, -0.25) is 9.59 Å². The molecule has 2 amide bonds. The van der Waals surface area contributed by atoms with Crippen molar-refractivity contribution in [1.82, 2.24) is 10.6 Å². The van der Waals surface area contributed by atoms with Crippen LogP contribution in [-0.4, -0.2) is 56.0 Å². The van der Waals surface area contributed by atoms with Crippen molar-refractivity contribution in [2.24, 2.45) is 5.41 Å². The van der Waals surface area contributed by atoms with E-state index in [0.29, 0.717) is 0 Å². The molecule has 1 unspecified atom stereocenters. The fourth-order valence-electron chi connectivity index (χ4n) is 3.90. The van der Waals surface area contributed by atoms with Crippen LogP contribution in [0.3, 0.4) is 0 Å². The van der Waals surface area contributed by atoms with Gasteiger partial charge in [0, 0.05) is 26.1 Å². The van der Waals surface area contributed by atoms with E-state index in [4.69, 9.17) is 14.6 Å². The van der Waals surface area contributed by atoms with E-state index in [-0.39, 0.29) is 37.9 Å². The Morgan fingerprint density at radius 3 is 2.12 bits per heavy atom. The molecule has 0 saturated carbocycles. The largest absolute Gasteiger partial charge is 0.481 e. The molecule has 1 aliphatic rings. The van der Waals surface area contributed by atoms with Gasteiger partial charge in [-0.15, -0.1) is 0 Å². The Morgan fingerprint density at radius 2 is 1.58 bits per heavy atom. The predicted molar refractivity (Wildman–Crippen MR) is 123 cm³/mol. The zero-order valence-electron chi connectivity index (χ0n) is 19.1. The van der Waals surface area contributed by atoms with E-state index in [1.54, 1.807) is 13.8 Å². The molecule has 176 valence electrons. The van der Waals surface area contributed by atoms with Gasteiger partial charge in [0.2, 0.25) is 5.91 Å². The third-order valence-corrected chi connectivity index (χ3v) is 5.86. The molecule has 2 aromatic carbocycles. The number of carbonyl (C=O) groups excluding carboxylic acids is 2. The normalized spacial score (nSPS) is 13.5. The number of hydrogen-bond donors (Lipinski definition) is 3. The van der Waals surface area contributed by atoms with Crippen LogP contribution in [0.4, 0.5) is 4.79 Å². The number of carboxylic acids is 1. The van der Waals surface area contributed by atoms with Crippen molar-refractivity contribution in [1.29, 1.82) is 0 Å². The molecule has 0 aromatic heterocycles.